The Morgan fingerprint density at radius 1 is 1.67 bits per heavy atom. The van der Waals surface area contributed by atoms with Gasteiger partial charge < -0.3 is 4.74 Å². The summed E-state index contributed by atoms with van der Waals surface area (Å²) in [5, 5.41) is 8.42. The number of halogens is 2. The predicted molar refractivity (Wildman–Crippen MR) is 52.1 cm³/mol. The summed E-state index contributed by atoms with van der Waals surface area (Å²) in [5.74, 6) is -1.66. The molecule has 5 heteroatoms. The van der Waals surface area contributed by atoms with Crippen molar-refractivity contribution in [3.05, 3.63) is 34.1 Å². The molecule has 0 N–H and O–H groups in total. The molecule has 0 fully saturated rings. The fraction of sp³-hybridized carbons (Fsp3) is 0.200. The second-order valence-corrected chi connectivity index (χ2v) is 2.99. The van der Waals surface area contributed by atoms with Crippen LogP contribution in [0.25, 0.3) is 0 Å². The zero-order valence-electron chi connectivity index (χ0n) is 7.88. The van der Waals surface area contributed by atoms with Crippen LogP contribution in [-0.2, 0) is 4.74 Å². The van der Waals surface area contributed by atoms with E-state index >= 15 is 0 Å². The second kappa shape index (κ2) is 4.76. The lowest BCUT2D eigenvalue weighted by atomic mass is 10.1. The summed E-state index contributed by atoms with van der Waals surface area (Å²) in [6.07, 6.45) is 0. The minimum atomic E-state index is -0.864. The van der Waals surface area contributed by atoms with Gasteiger partial charge in [0.25, 0.3) is 0 Å². The van der Waals surface area contributed by atoms with Gasteiger partial charge in [-0.3, -0.25) is 0 Å². The molecule has 0 aliphatic rings. The Morgan fingerprint density at radius 2 is 2.33 bits per heavy atom. The van der Waals surface area contributed by atoms with Crippen molar-refractivity contribution in [1.82, 2.24) is 0 Å². The van der Waals surface area contributed by atoms with Gasteiger partial charge in [0.15, 0.2) is 0 Å². The Bertz CT molecular complexity index is 440. The van der Waals surface area contributed by atoms with Gasteiger partial charge in [0.05, 0.1) is 17.2 Å². The Labute approximate surface area is 91.0 Å². The first-order valence-electron chi connectivity index (χ1n) is 4.17. The van der Waals surface area contributed by atoms with Gasteiger partial charge in [-0.2, -0.15) is 5.26 Å². The second-order valence-electron chi connectivity index (χ2n) is 2.62. The molecule has 0 bridgehead atoms. The molecule has 1 aromatic rings. The number of ether oxygens (including phenoxy) is 1. The number of esters is 1. The first-order chi connectivity index (χ1) is 7.11. The molecule has 0 amide bonds. The number of carbonyl (C=O) groups excluding carboxylic acids is 1. The average molecular weight is 228 g/mol. The summed E-state index contributed by atoms with van der Waals surface area (Å²) < 4.78 is 17.9. The normalized spacial score (nSPS) is 9.47. The lowest BCUT2D eigenvalue weighted by Crippen LogP contribution is -2.08. The summed E-state index contributed by atoms with van der Waals surface area (Å²) in [6.45, 7) is 1.71. The van der Waals surface area contributed by atoms with Crippen molar-refractivity contribution >= 4 is 17.6 Å². The first kappa shape index (κ1) is 11.5. The van der Waals surface area contributed by atoms with Crippen molar-refractivity contribution in [1.29, 1.82) is 5.26 Å². The highest BCUT2D eigenvalue weighted by Crippen LogP contribution is 2.24. The van der Waals surface area contributed by atoms with E-state index in [4.69, 9.17) is 16.9 Å². The molecule has 15 heavy (non-hydrogen) atoms. The topological polar surface area (TPSA) is 50.1 Å². The number of benzene rings is 1. The minimum absolute atomic E-state index is 0.0427. The van der Waals surface area contributed by atoms with Crippen molar-refractivity contribution in [3.8, 4) is 6.07 Å². The standard InChI is InChI=1S/C10H7ClFNO2/c1-2-15-10(14)8-7(12)4-3-6(5-13)9(8)11/h3-4H,2H2,1H3. The highest BCUT2D eigenvalue weighted by atomic mass is 35.5. The maximum Gasteiger partial charge on any atom is 0.342 e. The third kappa shape index (κ3) is 2.25. The zero-order chi connectivity index (χ0) is 11.4. The minimum Gasteiger partial charge on any atom is -0.462 e. The van der Waals surface area contributed by atoms with E-state index in [9.17, 15) is 9.18 Å². The Hall–Kier alpha value is -1.60. The largest absolute Gasteiger partial charge is 0.462 e. The molecule has 0 aliphatic heterocycles. The van der Waals surface area contributed by atoms with E-state index in [0.717, 1.165) is 6.07 Å². The summed E-state index contributed by atoms with van der Waals surface area (Å²) in [5.41, 5.74) is -0.348. The number of carbonyl (C=O) groups is 1. The molecule has 0 radical (unpaired) electrons. The molecule has 0 aliphatic carbocycles. The maximum atomic E-state index is 13.2. The highest BCUT2D eigenvalue weighted by Gasteiger charge is 2.19. The molecule has 0 saturated carbocycles. The molecule has 0 unspecified atom stereocenters. The summed E-state index contributed by atoms with van der Waals surface area (Å²) in [6, 6.07) is 3.97. The van der Waals surface area contributed by atoms with Gasteiger partial charge in [-0.25, -0.2) is 9.18 Å². The van der Waals surface area contributed by atoms with Crippen LogP contribution in [0, 0.1) is 17.1 Å². The van der Waals surface area contributed by atoms with Gasteiger partial charge in [-0.15, -0.1) is 0 Å². The molecule has 3 nitrogen and oxygen atoms in total. The van der Waals surface area contributed by atoms with Gasteiger partial charge in [0.1, 0.15) is 17.4 Å². The van der Waals surface area contributed by atoms with E-state index in [1.165, 1.54) is 6.07 Å². The lowest BCUT2D eigenvalue weighted by molar-refractivity contribution is 0.0521. The Balaban J connectivity index is 3.28. The molecule has 0 atom stereocenters. The van der Waals surface area contributed by atoms with Crippen LogP contribution in [0.4, 0.5) is 4.39 Å². The van der Waals surface area contributed by atoms with Crippen molar-refractivity contribution in [2.75, 3.05) is 6.61 Å². The number of hydrogen-bond acceptors (Lipinski definition) is 3. The van der Waals surface area contributed by atoms with E-state index < -0.39 is 17.3 Å². The van der Waals surface area contributed by atoms with Crippen LogP contribution in [0.15, 0.2) is 12.1 Å². The van der Waals surface area contributed by atoms with E-state index in [0.29, 0.717) is 0 Å². The summed E-state index contributed by atoms with van der Waals surface area (Å²) >= 11 is 5.68. The molecule has 1 rings (SSSR count). The van der Waals surface area contributed by atoms with Gasteiger partial charge in [0, 0.05) is 0 Å². The van der Waals surface area contributed by atoms with Crippen LogP contribution < -0.4 is 0 Å². The number of rotatable bonds is 2. The van der Waals surface area contributed by atoms with E-state index in [1.807, 2.05) is 0 Å². The number of nitriles is 1. The van der Waals surface area contributed by atoms with Crippen molar-refractivity contribution in [2.45, 2.75) is 6.92 Å². The number of nitrogens with zero attached hydrogens (tertiary/aromatic N) is 1. The molecule has 0 heterocycles. The van der Waals surface area contributed by atoms with E-state index in [2.05, 4.69) is 4.74 Å². The summed E-state index contributed by atoms with van der Waals surface area (Å²) in [7, 11) is 0. The fourth-order valence-electron chi connectivity index (χ4n) is 1.03. The van der Waals surface area contributed by atoms with Crippen LogP contribution in [0.3, 0.4) is 0 Å². The lowest BCUT2D eigenvalue weighted by Gasteiger charge is -2.05. The molecule has 78 valence electrons. The fourth-order valence-corrected chi connectivity index (χ4v) is 1.30. The molecule has 0 aromatic heterocycles. The molecular formula is C10H7ClFNO2. The molecule has 1 aromatic carbocycles. The van der Waals surface area contributed by atoms with Crippen molar-refractivity contribution in [2.24, 2.45) is 0 Å². The molecule has 0 spiro atoms. The van der Waals surface area contributed by atoms with Crippen LogP contribution >= 0.6 is 11.6 Å². The van der Waals surface area contributed by atoms with Crippen LogP contribution in [0.5, 0.6) is 0 Å². The van der Waals surface area contributed by atoms with Crippen LogP contribution in [0.2, 0.25) is 5.02 Å². The number of hydrogen-bond donors (Lipinski definition) is 0. The quantitative estimate of drug-likeness (QED) is 0.730. The van der Waals surface area contributed by atoms with Crippen LogP contribution in [0.1, 0.15) is 22.8 Å². The zero-order valence-corrected chi connectivity index (χ0v) is 8.64. The maximum absolute atomic E-state index is 13.2. The van der Waals surface area contributed by atoms with Gasteiger partial charge in [-0.1, -0.05) is 11.6 Å². The first-order valence-corrected chi connectivity index (χ1v) is 4.54. The van der Waals surface area contributed by atoms with Gasteiger partial charge in [0.2, 0.25) is 0 Å². The average Bonchev–Trinajstić information content (AvgIpc) is 2.18. The predicted octanol–water partition coefficient (Wildman–Crippen LogP) is 2.53. The van der Waals surface area contributed by atoms with E-state index in [1.54, 1.807) is 13.0 Å². The van der Waals surface area contributed by atoms with Crippen molar-refractivity contribution in [3.63, 3.8) is 0 Å². The van der Waals surface area contributed by atoms with E-state index in [-0.39, 0.29) is 17.2 Å². The Morgan fingerprint density at radius 3 is 2.87 bits per heavy atom. The Kier molecular flexibility index (Phi) is 3.64. The van der Waals surface area contributed by atoms with Gasteiger partial charge >= 0.3 is 5.97 Å². The van der Waals surface area contributed by atoms with Gasteiger partial charge in [-0.05, 0) is 19.1 Å². The smallest absolute Gasteiger partial charge is 0.342 e. The summed E-state index contributed by atoms with van der Waals surface area (Å²) in [4.78, 5) is 11.3. The van der Waals surface area contributed by atoms with Crippen molar-refractivity contribution < 1.29 is 13.9 Å². The van der Waals surface area contributed by atoms with Crippen LogP contribution in [-0.4, -0.2) is 12.6 Å². The third-order valence-corrected chi connectivity index (χ3v) is 2.08. The highest BCUT2D eigenvalue weighted by molar-refractivity contribution is 6.34. The SMILES string of the molecule is CCOC(=O)c1c(F)ccc(C#N)c1Cl. The monoisotopic (exact) mass is 227 g/mol. The molecule has 0 saturated heterocycles. The third-order valence-electron chi connectivity index (χ3n) is 1.69. The molecular weight excluding hydrogens is 221 g/mol.